The minimum absolute atomic E-state index is 0.284. The summed E-state index contributed by atoms with van der Waals surface area (Å²) in [5.74, 6) is 0. The average Bonchev–Trinajstić information content (AvgIpc) is 2.78. The summed E-state index contributed by atoms with van der Waals surface area (Å²) in [5, 5.41) is 2.76. The zero-order chi connectivity index (χ0) is 18.4. The summed E-state index contributed by atoms with van der Waals surface area (Å²) in [5.41, 5.74) is 4.24. The number of rotatable bonds is 6. The largest absolute Gasteiger partial charge is 0.368 e. The topological polar surface area (TPSA) is 42.0 Å². The number of carbonyl (C=O) groups excluding carboxylic acids is 1. The van der Waals surface area contributed by atoms with E-state index in [1.54, 1.807) is 0 Å². The molecule has 0 saturated heterocycles. The van der Waals surface area contributed by atoms with E-state index in [0.29, 0.717) is 26.3 Å². The molecule has 0 bridgehead atoms. The van der Waals surface area contributed by atoms with E-state index in [4.69, 9.17) is 9.68 Å². The van der Waals surface area contributed by atoms with Crippen molar-refractivity contribution >= 4 is 6.03 Å². The van der Waals surface area contributed by atoms with E-state index < -0.39 is 0 Å². The molecule has 0 radical (unpaired) electrons. The highest BCUT2D eigenvalue weighted by atomic mass is 16.7. The molecule has 1 heterocycles. The highest BCUT2D eigenvalue weighted by molar-refractivity contribution is 5.73. The molecule has 2 amide bonds. The fourth-order valence-electron chi connectivity index (χ4n) is 2.62. The van der Waals surface area contributed by atoms with Gasteiger partial charge in [-0.1, -0.05) is 71.8 Å². The predicted octanol–water partition coefficient (Wildman–Crippen LogP) is 4.32. The van der Waals surface area contributed by atoms with Crippen molar-refractivity contribution in [2.75, 3.05) is 13.1 Å². The smallest absolute Gasteiger partial charge is 0.264 e. The van der Waals surface area contributed by atoms with Crippen LogP contribution in [0, 0.1) is 0 Å². The van der Waals surface area contributed by atoms with Crippen molar-refractivity contribution in [3.63, 3.8) is 0 Å². The molecule has 5 heteroatoms. The molecule has 0 fully saturated rings. The minimum atomic E-state index is -0.284. The van der Waals surface area contributed by atoms with E-state index >= 15 is 0 Å². The Morgan fingerprint density at radius 1 is 0.731 bits per heavy atom. The third-order valence-electron chi connectivity index (χ3n) is 4.38. The first kappa shape index (κ1) is 18.2. The zero-order valence-electron chi connectivity index (χ0n) is 15.2. The third kappa shape index (κ3) is 4.71. The lowest BCUT2D eigenvalue weighted by atomic mass is 10.1. The molecule has 0 atom stereocenters. The SMILES string of the molecule is CC1=C(C)CN(OCc2ccccc2)C(=O)N(OCc2ccccc2)C1. The number of hydrogen-bond acceptors (Lipinski definition) is 3. The second-order valence-electron chi connectivity index (χ2n) is 6.43. The first-order valence-corrected chi connectivity index (χ1v) is 8.71. The number of carbonyl (C=O) groups is 1. The van der Waals surface area contributed by atoms with Crippen molar-refractivity contribution < 1.29 is 14.5 Å². The fraction of sp³-hybridized carbons (Fsp3) is 0.286. The molecule has 3 rings (SSSR count). The van der Waals surface area contributed by atoms with Crippen LogP contribution in [-0.2, 0) is 22.9 Å². The summed E-state index contributed by atoms with van der Waals surface area (Å²) in [6.45, 7) is 5.58. The van der Waals surface area contributed by atoms with Crippen molar-refractivity contribution in [2.45, 2.75) is 27.1 Å². The fourth-order valence-corrected chi connectivity index (χ4v) is 2.62. The quantitative estimate of drug-likeness (QED) is 0.727. The number of urea groups is 1. The molecule has 26 heavy (non-hydrogen) atoms. The molecule has 136 valence electrons. The second kappa shape index (κ2) is 8.65. The zero-order valence-corrected chi connectivity index (χ0v) is 15.2. The van der Waals surface area contributed by atoms with E-state index in [-0.39, 0.29) is 6.03 Å². The van der Waals surface area contributed by atoms with Gasteiger partial charge < -0.3 is 0 Å². The lowest BCUT2D eigenvalue weighted by Gasteiger charge is -2.26. The van der Waals surface area contributed by atoms with E-state index in [1.165, 1.54) is 10.1 Å². The lowest BCUT2D eigenvalue weighted by Crippen LogP contribution is -2.42. The number of hydroxylamine groups is 4. The summed E-state index contributed by atoms with van der Waals surface area (Å²) in [4.78, 5) is 24.4. The number of hydrogen-bond donors (Lipinski definition) is 0. The van der Waals surface area contributed by atoms with Gasteiger partial charge in [0, 0.05) is 0 Å². The monoisotopic (exact) mass is 352 g/mol. The molecule has 1 aliphatic heterocycles. The van der Waals surface area contributed by atoms with Gasteiger partial charge in [0.25, 0.3) is 0 Å². The standard InChI is InChI=1S/C21H24N2O3/c1-17-13-22(25-15-19-9-5-3-6-10-19)21(24)23(14-18(17)2)26-16-20-11-7-4-8-12-20/h3-12H,13-16H2,1-2H3. The van der Waals surface area contributed by atoms with Crippen molar-refractivity contribution in [3.05, 3.63) is 82.9 Å². The molecule has 5 nitrogen and oxygen atoms in total. The second-order valence-corrected chi connectivity index (χ2v) is 6.43. The normalized spacial score (nSPS) is 15.4. The number of benzene rings is 2. The van der Waals surface area contributed by atoms with E-state index in [0.717, 1.165) is 22.3 Å². The summed E-state index contributed by atoms with van der Waals surface area (Å²) in [6.07, 6.45) is 0. The maximum atomic E-state index is 12.9. The van der Waals surface area contributed by atoms with Crippen LogP contribution in [0.3, 0.4) is 0 Å². The van der Waals surface area contributed by atoms with Crippen LogP contribution in [-0.4, -0.2) is 29.2 Å². The highest BCUT2D eigenvalue weighted by Crippen LogP contribution is 2.18. The Morgan fingerprint density at radius 3 is 1.50 bits per heavy atom. The number of amides is 2. The Hall–Kier alpha value is -2.63. The highest BCUT2D eigenvalue weighted by Gasteiger charge is 2.27. The molecule has 2 aromatic rings. The molecule has 0 aromatic heterocycles. The summed E-state index contributed by atoms with van der Waals surface area (Å²) >= 11 is 0. The first-order valence-electron chi connectivity index (χ1n) is 8.71. The molecule has 1 aliphatic rings. The van der Waals surface area contributed by atoms with Gasteiger partial charge in [0.05, 0.1) is 13.1 Å². The lowest BCUT2D eigenvalue weighted by molar-refractivity contribution is -0.181. The Balaban J connectivity index is 1.67. The van der Waals surface area contributed by atoms with E-state index in [1.807, 2.05) is 74.5 Å². The minimum Gasteiger partial charge on any atom is -0.264 e. The summed E-state index contributed by atoms with van der Waals surface area (Å²) in [6, 6.07) is 19.3. The van der Waals surface area contributed by atoms with Crippen LogP contribution in [0.2, 0.25) is 0 Å². The van der Waals surface area contributed by atoms with Crippen LogP contribution in [0.5, 0.6) is 0 Å². The maximum absolute atomic E-state index is 12.9. The van der Waals surface area contributed by atoms with Crippen molar-refractivity contribution in [2.24, 2.45) is 0 Å². The van der Waals surface area contributed by atoms with E-state index in [9.17, 15) is 4.79 Å². The van der Waals surface area contributed by atoms with Gasteiger partial charge in [-0.2, -0.15) is 10.1 Å². The Kier molecular flexibility index (Phi) is 6.04. The van der Waals surface area contributed by atoms with Gasteiger partial charge in [0.15, 0.2) is 0 Å². The van der Waals surface area contributed by atoms with Gasteiger partial charge >= 0.3 is 6.03 Å². The van der Waals surface area contributed by atoms with Gasteiger partial charge in [-0.25, -0.2) is 4.79 Å². The van der Waals surface area contributed by atoms with Gasteiger partial charge in [0.2, 0.25) is 0 Å². The van der Waals surface area contributed by atoms with Crippen LogP contribution in [0.4, 0.5) is 4.79 Å². The Bertz CT molecular complexity index is 696. The van der Waals surface area contributed by atoms with Crippen LogP contribution >= 0.6 is 0 Å². The number of nitrogens with zero attached hydrogens (tertiary/aromatic N) is 2. The van der Waals surface area contributed by atoms with Crippen LogP contribution in [0.15, 0.2) is 71.8 Å². The molecule has 0 spiro atoms. The van der Waals surface area contributed by atoms with Gasteiger partial charge in [-0.3, -0.25) is 9.68 Å². The molecule has 2 aromatic carbocycles. The Morgan fingerprint density at radius 2 is 1.12 bits per heavy atom. The van der Waals surface area contributed by atoms with Crippen molar-refractivity contribution in [3.8, 4) is 0 Å². The molecule has 0 saturated carbocycles. The Labute approximate surface area is 154 Å². The summed E-state index contributed by atoms with van der Waals surface area (Å²) in [7, 11) is 0. The van der Waals surface area contributed by atoms with Crippen LogP contribution < -0.4 is 0 Å². The first-order chi connectivity index (χ1) is 12.6. The van der Waals surface area contributed by atoms with Gasteiger partial charge in [-0.05, 0) is 25.0 Å². The molecular weight excluding hydrogens is 328 g/mol. The van der Waals surface area contributed by atoms with Gasteiger partial charge in [-0.15, -0.1) is 0 Å². The maximum Gasteiger partial charge on any atom is 0.368 e. The van der Waals surface area contributed by atoms with Crippen LogP contribution in [0.25, 0.3) is 0 Å². The predicted molar refractivity (Wildman–Crippen MR) is 99.6 cm³/mol. The average molecular weight is 352 g/mol. The van der Waals surface area contributed by atoms with Crippen molar-refractivity contribution in [1.29, 1.82) is 0 Å². The summed E-state index contributed by atoms with van der Waals surface area (Å²) < 4.78 is 0. The molecule has 0 aliphatic carbocycles. The van der Waals surface area contributed by atoms with Crippen LogP contribution in [0.1, 0.15) is 25.0 Å². The molecular formula is C21H24N2O3. The third-order valence-corrected chi connectivity index (χ3v) is 4.38. The molecule has 0 unspecified atom stereocenters. The molecule has 0 N–H and O–H groups in total. The van der Waals surface area contributed by atoms with Crippen molar-refractivity contribution in [1.82, 2.24) is 10.1 Å². The van der Waals surface area contributed by atoms with Gasteiger partial charge in [0.1, 0.15) is 13.2 Å². The van der Waals surface area contributed by atoms with E-state index in [2.05, 4.69) is 0 Å².